The first-order chi connectivity index (χ1) is 9.11. The Balaban J connectivity index is 2.16. The maximum absolute atomic E-state index is 13.6. The smallest absolute Gasteiger partial charge is 0.137 e. The van der Waals surface area contributed by atoms with Gasteiger partial charge in [0, 0.05) is 24.7 Å². The fourth-order valence-electron chi connectivity index (χ4n) is 2.07. The van der Waals surface area contributed by atoms with Gasteiger partial charge < -0.3 is 10.2 Å². The number of nitrogens with zero attached hydrogens (tertiary/aromatic N) is 1. The van der Waals surface area contributed by atoms with Crippen LogP contribution in [0.25, 0.3) is 0 Å². The standard InChI is InChI=1S/C14H16BrFN2O/c1-18(8-10-4-5-19-9-10)14(7-17)11-2-3-12(15)13(16)6-11/h2-6,9,14H,7-8,17H2,1H3. The average Bonchev–Trinajstić information content (AvgIpc) is 2.87. The zero-order chi connectivity index (χ0) is 13.8. The molecule has 5 heteroatoms. The molecule has 0 aliphatic rings. The second-order valence-electron chi connectivity index (χ2n) is 4.47. The molecule has 1 unspecified atom stereocenters. The first-order valence-electron chi connectivity index (χ1n) is 5.98. The molecular formula is C14H16BrFN2O. The number of halogens is 2. The van der Waals surface area contributed by atoms with Crippen LogP contribution in [0.4, 0.5) is 4.39 Å². The number of furan rings is 1. The van der Waals surface area contributed by atoms with Crippen LogP contribution >= 0.6 is 15.9 Å². The molecule has 0 fully saturated rings. The van der Waals surface area contributed by atoms with Crippen molar-refractivity contribution in [2.45, 2.75) is 12.6 Å². The molecule has 1 aromatic heterocycles. The van der Waals surface area contributed by atoms with E-state index < -0.39 is 0 Å². The van der Waals surface area contributed by atoms with E-state index in [0.717, 1.165) is 11.1 Å². The fraction of sp³-hybridized carbons (Fsp3) is 0.286. The highest BCUT2D eigenvalue weighted by molar-refractivity contribution is 9.10. The lowest BCUT2D eigenvalue weighted by Crippen LogP contribution is -2.30. The summed E-state index contributed by atoms with van der Waals surface area (Å²) >= 11 is 3.15. The summed E-state index contributed by atoms with van der Waals surface area (Å²) in [6.45, 7) is 1.13. The van der Waals surface area contributed by atoms with Crippen LogP contribution in [0.3, 0.4) is 0 Å². The minimum atomic E-state index is -0.271. The number of likely N-dealkylation sites (N-methyl/N-ethyl adjacent to an activating group) is 1. The number of hydrogen-bond donors (Lipinski definition) is 1. The van der Waals surface area contributed by atoms with E-state index in [0.29, 0.717) is 17.6 Å². The van der Waals surface area contributed by atoms with E-state index in [-0.39, 0.29) is 11.9 Å². The summed E-state index contributed by atoms with van der Waals surface area (Å²) in [6, 6.07) is 6.99. The molecule has 0 aliphatic heterocycles. The quantitative estimate of drug-likeness (QED) is 0.916. The van der Waals surface area contributed by atoms with Crippen LogP contribution < -0.4 is 5.73 Å². The van der Waals surface area contributed by atoms with Gasteiger partial charge in [-0.05, 0) is 46.7 Å². The van der Waals surface area contributed by atoms with Crippen LogP contribution in [0, 0.1) is 5.82 Å². The Hall–Kier alpha value is -1.17. The van der Waals surface area contributed by atoms with Crippen molar-refractivity contribution in [3.63, 3.8) is 0 Å². The first-order valence-corrected chi connectivity index (χ1v) is 6.77. The Morgan fingerprint density at radius 2 is 2.21 bits per heavy atom. The normalized spacial score (nSPS) is 12.9. The van der Waals surface area contributed by atoms with Gasteiger partial charge in [0.1, 0.15) is 5.82 Å². The van der Waals surface area contributed by atoms with E-state index in [4.69, 9.17) is 10.2 Å². The molecule has 0 saturated carbocycles. The summed E-state index contributed by atoms with van der Waals surface area (Å²) in [4.78, 5) is 2.08. The van der Waals surface area contributed by atoms with Crippen molar-refractivity contribution in [3.8, 4) is 0 Å². The number of benzene rings is 1. The van der Waals surface area contributed by atoms with E-state index in [1.807, 2.05) is 19.2 Å². The Kier molecular flexibility index (Phi) is 4.74. The van der Waals surface area contributed by atoms with E-state index in [1.54, 1.807) is 18.6 Å². The van der Waals surface area contributed by atoms with Crippen LogP contribution in [-0.2, 0) is 6.54 Å². The van der Waals surface area contributed by atoms with Gasteiger partial charge in [-0.25, -0.2) is 4.39 Å². The summed E-state index contributed by atoms with van der Waals surface area (Å²) in [5.41, 5.74) is 7.76. The molecule has 0 amide bonds. The van der Waals surface area contributed by atoms with Gasteiger partial charge in [0.25, 0.3) is 0 Å². The van der Waals surface area contributed by atoms with Gasteiger partial charge in [0.15, 0.2) is 0 Å². The second-order valence-corrected chi connectivity index (χ2v) is 5.33. The van der Waals surface area contributed by atoms with Crippen LogP contribution in [-0.4, -0.2) is 18.5 Å². The summed E-state index contributed by atoms with van der Waals surface area (Å²) in [5.74, 6) is -0.271. The van der Waals surface area contributed by atoms with Gasteiger partial charge in [-0.1, -0.05) is 6.07 Å². The molecule has 0 spiro atoms. The van der Waals surface area contributed by atoms with Crippen molar-refractivity contribution in [2.24, 2.45) is 5.73 Å². The average molecular weight is 327 g/mol. The van der Waals surface area contributed by atoms with Gasteiger partial charge in [-0.15, -0.1) is 0 Å². The summed E-state index contributed by atoms with van der Waals surface area (Å²) in [5, 5.41) is 0. The lowest BCUT2D eigenvalue weighted by molar-refractivity contribution is 0.240. The molecule has 3 nitrogen and oxygen atoms in total. The third-order valence-corrected chi connectivity index (χ3v) is 3.74. The topological polar surface area (TPSA) is 42.4 Å². The molecule has 1 aromatic carbocycles. The molecule has 2 rings (SSSR count). The van der Waals surface area contributed by atoms with Gasteiger partial charge >= 0.3 is 0 Å². The zero-order valence-electron chi connectivity index (χ0n) is 10.6. The molecule has 19 heavy (non-hydrogen) atoms. The third-order valence-electron chi connectivity index (χ3n) is 3.10. The van der Waals surface area contributed by atoms with Crippen LogP contribution in [0.15, 0.2) is 45.7 Å². The highest BCUT2D eigenvalue weighted by Crippen LogP contribution is 2.24. The van der Waals surface area contributed by atoms with Crippen molar-refractivity contribution in [1.82, 2.24) is 4.90 Å². The maximum atomic E-state index is 13.6. The summed E-state index contributed by atoms with van der Waals surface area (Å²) in [6.07, 6.45) is 3.34. The van der Waals surface area contributed by atoms with E-state index in [9.17, 15) is 4.39 Å². The van der Waals surface area contributed by atoms with Crippen LogP contribution in [0.2, 0.25) is 0 Å². The minimum Gasteiger partial charge on any atom is -0.472 e. The number of rotatable bonds is 5. The van der Waals surface area contributed by atoms with E-state index in [1.165, 1.54) is 6.07 Å². The number of hydrogen-bond acceptors (Lipinski definition) is 3. The fourth-order valence-corrected chi connectivity index (χ4v) is 2.32. The van der Waals surface area contributed by atoms with E-state index >= 15 is 0 Å². The van der Waals surface area contributed by atoms with Gasteiger partial charge in [-0.3, -0.25) is 4.90 Å². The molecule has 0 radical (unpaired) electrons. The predicted octanol–water partition coefficient (Wildman–Crippen LogP) is 3.31. The second kappa shape index (κ2) is 6.32. The maximum Gasteiger partial charge on any atom is 0.137 e. The molecule has 1 heterocycles. The minimum absolute atomic E-state index is 0.0301. The Morgan fingerprint density at radius 3 is 2.79 bits per heavy atom. The lowest BCUT2D eigenvalue weighted by atomic mass is 10.1. The SMILES string of the molecule is CN(Cc1ccoc1)C(CN)c1ccc(Br)c(F)c1. The van der Waals surface area contributed by atoms with Gasteiger partial charge in [0.2, 0.25) is 0 Å². The van der Waals surface area contributed by atoms with E-state index in [2.05, 4.69) is 20.8 Å². The van der Waals surface area contributed by atoms with Gasteiger partial charge in [-0.2, -0.15) is 0 Å². The first kappa shape index (κ1) is 14.2. The number of nitrogens with two attached hydrogens (primary N) is 1. The summed E-state index contributed by atoms with van der Waals surface area (Å²) < 4.78 is 19.1. The Bertz CT molecular complexity index is 530. The van der Waals surface area contributed by atoms with Crippen molar-refractivity contribution in [1.29, 1.82) is 0 Å². The van der Waals surface area contributed by atoms with Crippen molar-refractivity contribution < 1.29 is 8.81 Å². The molecule has 0 saturated heterocycles. The molecule has 0 bridgehead atoms. The molecular weight excluding hydrogens is 311 g/mol. The molecule has 1 atom stereocenters. The van der Waals surface area contributed by atoms with Crippen LogP contribution in [0.5, 0.6) is 0 Å². The van der Waals surface area contributed by atoms with Gasteiger partial charge in [0.05, 0.1) is 17.0 Å². The van der Waals surface area contributed by atoms with Crippen molar-refractivity contribution in [3.05, 3.63) is 58.2 Å². The molecule has 102 valence electrons. The predicted molar refractivity (Wildman–Crippen MR) is 76.1 cm³/mol. The summed E-state index contributed by atoms with van der Waals surface area (Å²) in [7, 11) is 1.96. The van der Waals surface area contributed by atoms with Crippen molar-refractivity contribution in [2.75, 3.05) is 13.6 Å². The molecule has 2 aromatic rings. The molecule has 0 aliphatic carbocycles. The molecule has 2 N–H and O–H groups in total. The monoisotopic (exact) mass is 326 g/mol. The zero-order valence-corrected chi connectivity index (χ0v) is 12.2. The highest BCUT2D eigenvalue weighted by Gasteiger charge is 2.17. The highest BCUT2D eigenvalue weighted by atomic mass is 79.9. The Morgan fingerprint density at radius 1 is 1.42 bits per heavy atom. The van der Waals surface area contributed by atoms with Crippen LogP contribution in [0.1, 0.15) is 17.2 Å². The Labute approximate surface area is 120 Å². The third kappa shape index (κ3) is 3.43. The lowest BCUT2D eigenvalue weighted by Gasteiger charge is -2.27. The van der Waals surface area contributed by atoms with Crippen molar-refractivity contribution >= 4 is 15.9 Å². The largest absolute Gasteiger partial charge is 0.472 e.